The Bertz CT molecular complexity index is 970. The molecule has 156 valence electrons. The van der Waals surface area contributed by atoms with Crippen LogP contribution < -0.4 is 10.1 Å². The van der Waals surface area contributed by atoms with E-state index in [-0.39, 0.29) is 28.7 Å². The number of rotatable bonds is 6. The van der Waals surface area contributed by atoms with E-state index in [1.54, 1.807) is 12.1 Å². The molecule has 0 atom stereocenters. The molecule has 2 aromatic rings. The molecule has 0 saturated carbocycles. The van der Waals surface area contributed by atoms with Gasteiger partial charge >= 0.3 is 0 Å². The summed E-state index contributed by atoms with van der Waals surface area (Å²) in [6, 6.07) is 11.7. The SMILES string of the molecule is COc1ccc(C(=O)NCc2ccccc2Cl)cc1S(=O)(=O)N1CCCCCC1. The van der Waals surface area contributed by atoms with Crippen molar-refractivity contribution >= 4 is 27.5 Å². The average Bonchev–Trinajstić information content (AvgIpc) is 3.02. The minimum atomic E-state index is -3.75. The first kappa shape index (κ1) is 21.6. The molecule has 3 rings (SSSR count). The molecule has 1 aliphatic rings. The van der Waals surface area contributed by atoms with Gasteiger partial charge in [-0.05, 0) is 42.7 Å². The molecule has 8 heteroatoms. The summed E-state index contributed by atoms with van der Waals surface area (Å²) >= 11 is 6.13. The lowest BCUT2D eigenvalue weighted by Crippen LogP contribution is -2.32. The van der Waals surface area contributed by atoms with Crippen LogP contribution in [0.4, 0.5) is 0 Å². The van der Waals surface area contributed by atoms with E-state index in [0.29, 0.717) is 18.1 Å². The zero-order valence-corrected chi connectivity index (χ0v) is 17.9. The summed E-state index contributed by atoms with van der Waals surface area (Å²) in [4.78, 5) is 12.7. The number of sulfonamides is 1. The van der Waals surface area contributed by atoms with Gasteiger partial charge in [-0.25, -0.2) is 8.42 Å². The highest BCUT2D eigenvalue weighted by molar-refractivity contribution is 7.89. The third kappa shape index (κ3) is 5.10. The topological polar surface area (TPSA) is 75.7 Å². The number of amides is 1. The summed E-state index contributed by atoms with van der Waals surface area (Å²) in [6.45, 7) is 1.21. The van der Waals surface area contributed by atoms with Gasteiger partial charge in [-0.1, -0.05) is 42.6 Å². The van der Waals surface area contributed by atoms with E-state index in [1.807, 2.05) is 18.2 Å². The number of ether oxygens (including phenoxy) is 1. The third-order valence-corrected chi connectivity index (χ3v) is 7.29. The van der Waals surface area contributed by atoms with E-state index < -0.39 is 10.0 Å². The van der Waals surface area contributed by atoms with E-state index in [9.17, 15) is 13.2 Å². The molecular formula is C21H25ClN2O4S. The van der Waals surface area contributed by atoms with Gasteiger partial charge in [-0.2, -0.15) is 4.31 Å². The van der Waals surface area contributed by atoms with Gasteiger partial charge < -0.3 is 10.1 Å². The first-order chi connectivity index (χ1) is 13.9. The molecule has 0 radical (unpaired) electrons. The molecule has 6 nitrogen and oxygen atoms in total. The Morgan fingerprint density at radius 1 is 1.10 bits per heavy atom. The number of nitrogens with zero attached hydrogens (tertiary/aromatic N) is 1. The van der Waals surface area contributed by atoms with Crippen molar-refractivity contribution in [2.24, 2.45) is 0 Å². The van der Waals surface area contributed by atoms with Gasteiger partial charge in [-0.15, -0.1) is 0 Å². The van der Waals surface area contributed by atoms with Gasteiger partial charge in [-0.3, -0.25) is 4.79 Å². The van der Waals surface area contributed by atoms with Crippen molar-refractivity contribution in [1.82, 2.24) is 9.62 Å². The molecular weight excluding hydrogens is 412 g/mol. The normalized spacial score (nSPS) is 15.5. The second-order valence-electron chi connectivity index (χ2n) is 6.96. The number of benzene rings is 2. The Hall–Kier alpha value is -2.09. The Balaban J connectivity index is 1.84. The molecule has 1 heterocycles. The average molecular weight is 437 g/mol. The monoisotopic (exact) mass is 436 g/mol. The fourth-order valence-corrected chi connectivity index (χ4v) is 5.26. The molecule has 1 fully saturated rings. The maximum Gasteiger partial charge on any atom is 0.251 e. The van der Waals surface area contributed by atoms with Crippen molar-refractivity contribution in [1.29, 1.82) is 0 Å². The van der Waals surface area contributed by atoms with Crippen LogP contribution in [0.2, 0.25) is 5.02 Å². The highest BCUT2D eigenvalue weighted by Gasteiger charge is 2.29. The molecule has 2 aromatic carbocycles. The minimum absolute atomic E-state index is 0.0206. The lowest BCUT2D eigenvalue weighted by Gasteiger charge is -2.21. The van der Waals surface area contributed by atoms with Crippen molar-refractivity contribution in [3.8, 4) is 5.75 Å². The zero-order chi connectivity index (χ0) is 20.9. The Morgan fingerprint density at radius 3 is 2.45 bits per heavy atom. The second-order valence-corrected chi connectivity index (χ2v) is 9.27. The van der Waals surface area contributed by atoms with E-state index in [1.165, 1.54) is 23.5 Å². The third-order valence-electron chi connectivity index (χ3n) is 5.01. The van der Waals surface area contributed by atoms with Crippen molar-refractivity contribution in [3.05, 3.63) is 58.6 Å². The molecule has 0 bridgehead atoms. The van der Waals surface area contributed by atoms with Crippen molar-refractivity contribution in [2.45, 2.75) is 37.1 Å². The maximum atomic E-state index is 13.2. The zero-order valence-electron chi connectivity index (χ0n) is 16.4. The second kappa shape index (κ2) is 9.61. The highest BCUT2D eigenvalue weighted by atomic mass is 35.5. The van der Waals surface area contributed by atoms with Crippen molar-refractivity contribution in [3.63, 3.8) is 0 Å². The number of carbonyl (C=O) groups excluding carboxylic acids is 1. The van der Waals surface area contributed by atoms with E-state index in [4.69, 9.17) is 16.3 Å². The molecule has 0 unspecified atom stereocenters. The fraction of sp³-hybridized carbons (Fsp3) is 0.381. The lowest BCUT2D eigenvalue weighted by atomic mass is 10.2. The van der Waals surface area contributed by atoms with Crippen LogP contribution in [0, 0.1) is 0 Å². The van der Waals surface area contributed by atoms with E-state index >= 15 is 0 Å². The number of carbonyl (C=O) groups is 1. The lowest BCUT2D eigenvalue weighted by molar-refractivity contribution is 0.0950. The summed E-state index contributed by atoms with van der Waals surface area (Å²) in [5, 5.41) is 3.35. The van der Waals surface area contributed by atoms with E-state index in [2.05, 4.69) is 5.32 Å². The van der Waals surface area contributed by atoms with Gasteiger partial charge in [0.2, 0.25) is 10.0 Å². The van der Waals surface area contributed by atoms with Crippen LogP contribution in [-0.2, 0) is 16.6 Å². The number of hydrogen-bond donors (Lipinski definition) is 1. The van der Waals surface area contributed by atoms with Crippen LogP contribution in [0.1, 0.15) is 41.6 Å². The highest BCUT2D eigenvalue weighted by Crippen LogP contribution is 2.29. The van der Waals surface area contributed by atoms with Gasteiger partial charge in [0.05, 0.1) is 7.11 Å². The molecule has 1 amide bonds. The number of nitrogens with one attached hydrogen (secondary N) is 1. The van der Waals surface area contributed by atoms with Gasteiger partial charge in [0, 0.05) is 30.2 Å². The first-order valence-electron chi connectivity index (χ1n) is 9.63. The van der Waals surface area contributed by atoms with Crippen LogP contribution in [0.15, 0.2) is 47.4 Å². The van der Waals surface area contributed by atoms with Crippen LogP contribution in [0.5, 0.6) is 5.75 Å². The standard InChI is InChI=1S/C21H25ClN2O4S/c1-28-19-11-10-16(21(25)23-15-17-8-4-5-9-18(17)22)14-20(19)29(26,27)24-12-6-2-3-7-13-24/h4-5,8-11,14H,2-3,6-7,12-13,15H2,1H3,(H,23,25). The number of halogens is 1. The smallest absolute Gasteiger partial charge is 0.251 e. The molecule has 0 spiro atoms. The fourth-order valence-electron chi connectivity index (χ4n) is 3.36. The molecule has 29 heavy (non-hydrogen) atoms. The molecule has 1 saturated heterocycles. The Kier molecular flexibility index (Phi) is 7.16. The Labute approximate surface area is 176 Å². The summed E-state index contributed by atoms with van der Waals surface area (Å²) in [7, 11) is -2.33. The van der Waals surface area contributed by atoms with E-state index in [0.717, 1.165) is 31.2 Å². The Morgan fingerprint density at radius 2 is 1.79 bits per heavy atom. The molecule has 1 aliphatic heterocycles. The molecule has 0 aromatic heterocycles. The van der Waals surface area contributed by atoms with Crippen LogP contribution in [0.25, 0.3) is 0 Å². The van der Waals surface area contributed by atoms with Gasteiger partial charge in [0.15, 0.2) is 0 Å². The maximum absolute atomic E-state index is 13.2. The predicted octanol–water partition coefficient (Wildman–Crippen LogP) is 3.84. The largest absolute Gasteiger partial charge is 0.495 e. The van der Waals surface area contributed by atoms with Crippen LogP contribution in [-0.4, -0.2) is 38.8 Å². The summed E-state index contributed by atoms with van der Waals surface area (Å²) < 4.78 is 33.2. The number of methoxy groups -OCH3 is 1. The summed E-state index contributed by atoms with van der Waals surface area (Å²) in [6.07, 6.45) is 3.71. The minimum Gasteiger partial charge on any atom is -0.495 e. The van der Waals surface area contributed by atoms with Crippen LogP contribution >= 0.6 is 11.6 Å². The van der Waals surface area contributed by atoms with Crippen molar-refractivity contribution < 1.29 is 17.9 Å². The van der Waals surface area contributed by atoms with Crippen LogP contribution in [0.3, 0.4) is 0 Å². The predicted molar refractivity (Wildman–Crippen MR) is 113 cm³/mol. The summed E-state index contributed by atoms with van der Waals surface area (Å²) in [5.74, 6) is -0.142. The van der Waals surface area contributed by atoms with Gasteiger partial charge in [0.1, 0.15) is 10.6 Å². The first-order valence-corrected chi connectivity index (χ1v) is 11.4. The quantitative estimate of drug-likeness (QED) is 0.746. The molecule has 0 aliphatic carbocycles. The number of hydrogen-bond acceptors (Lipinski definition) is 4. The summed E-state index contributed by atoms with van der Waals surface area (Å²) in [5.41, 5.74) is 1.04. The molecule has 1 N–H and O–H groups in total. The van der Waals surface area contributed by atoms with Gasteiger partial charge in [0.25, 0.3) is 5.91 Å². The van der Waals surface area contributed by atoms with Crippen molar-refractivity contribution in [2.75, 3.05) is 20.2 Å².